The van der Waals surface area contributed by atoms with Gasteiger partial charge in [0.05, 0.1) is 18.4 Å². The highest BCUT2D eigenvalue weighted by Gasteiger charge is 2.16. The fraction of sp³-hybridized carbons (Fsp3) is 0.182. The molecule has 0 spiro atoms. The van der Waals surface area contributed by atoms with E-state index in [1.54, 1.807) is 0 Å². The third kappa shape index (κ3) is 2.94. The Bertz CT molecular complexity index is 643. The van der Waals surface area contributed by atoms with E-state index in [1.807, 2.05) is 5.32 Å². The molecule has 0 saturated heterocycles. The summed E-state index contributed by atoms with van der Waals surface area (Å²) in [5.74, 6) is -4.59. The van der Waals surface area contributed by atoms with E-state index in [-0.39, 0.29) is 5.69 Å². The van der Waals surface area contributed by atoms with Crippen molar-refractivity contribution in [1.82, 2.24) is 15.0 Å². The Labute approximate surface area is 111 Å². The van der Waals surface area contributed by atoms with E-state index in [1.165, 1.54) is 10.9 Å². The first kappa shape index (κ1) is 14.0. The number of nitrogens with zero attached hydrogens (tertiary/aromatic N) is 3. The van der Waals surface area contributed by atoms with Crippen molar-refractivity contribution >= 4 is 11.6 Å². The van der Waals surface area contributed by atoms with Crippen LogP contribution in [0.2, 0.25) is 0 Å². The number of amides is 1. The Morgan fingerprint density at radius 1 is 1.35 bits per heavy atom. The number of anilines is 1. The molecule has 0 aliphatic carbocycles. The first-order valence-electron chi connectivity index (χ1n) is 5.57. The van der Waals surface area contributed by atoms with Crippen molar-refractivity contribution in [2.24, 2.45) is 5.73 Å². The smallest absolute Gasteiger partial charge is 0.277 e. The number of rotatable bonds is 4. The van der Waals surface area contributed by atoms with Crippen molar-refractivity contribution in [3.8, 4) is 0 Å². The summed E-state index contributed by atoms with van der Waals surface area (Å²) in [6.45, 7) is 0.650. The SMILES string of the molecule is NCCn1cc(C(=O)Nc2cc(F)cc(F)c2F)nn1. The van der Waals surface area contributed by atoms with Gasteiger partial charge in [0.15, 0.2) is 17.3 Å². The van der Waals surface area contributed by atoms with Gasteiger partial charge in [-0.25, -0.2) is 13.2 Å². The van der Waals surface area contributed by atoms with E-state index >= 15 is 0 Å². The molecule has 0 bridgehead atoms. The fourth-order valence-corrected chi connectivity index (χ4v) is 1.48. The molecule has 20 heavy (non-hydrogen) atoms. The maximum absolute atomic E-state index is 13.4. The summed E-state index contributed by atoms with van der Waals surface area (Å²) in [4.78, 5) is 11.7. The molecule has 106 valence electrons. The molecule has 1 aromatic heterocycles. The number of aromatic nitrogens is 3. The quantitative estimate of drug-likeness (QED) is 0.817. The second-order valence-electron chi connectivity index (χ2n) is 3.86. The molecular formula is C11H10F3N5O. The minimum absolute atomic E-state index is 0.123. The number of nitrogens with one attached hydrogen (secondary N) is 1. The number of carbonyl (C=O) groups is 1. The lowest BCUT2D eigenvalue weighted by Gasteiger charge is -2.05. The standard InChI is InChI=1S/C11H10F3N5O/c12-6-3-7(13)10(14)8(4-6)16-11(20)9-5-19(2-1-15)18-17-9/h3-5H,1-2,15H2,(H,16,20). The molecule has 9 heteroatoms. The van der Waals surface area contributed by atoms with Crippen molar-refractivity contribution in [2.45, 2.75) is 6.54 Å². The van der Waals surface area contributed by atoms with Gasteiger partial charge in [-0.15, -0.1) is 5.10 Å². The molecular weight excluding hydrogens is 275 g/mol. The van der Waals surface area contributed by atoms with Crippen LogP contribution in [-0.2, 0) is 6.54 Å². The normalized spacial score (nSPS) is 10.6. The van der Waals surface area contributed by atoms with Crippen LogP contribution in [0.15, 0.2) is 18.3 Å². The molecule has 0 saturated carbocycles. The molecule has 3 N–H and O–H groups in total. The highest BCUT2D eigenvalue weighted by atomic mass is 19.2. The highest BCUT2D eigenvalue weighted by Crippen LogP contribution is 2.19. The number of benzene rings is 1. The van der Waals surface area contributed by atoms with Gasteiger partial charge in [0.2, 0.25) is 0 Å². The van der Waals surface area contributed by atoms with Gasteiger partial charge in [0.25, 0.3) is 5.91 Å². The second kappa shape index (κ2) is 5.70. The summed E-state index contributed by atoms with van der Waals surface area (Å²) in [5.41, 5.74) is 4.57. The van der Waals surface area contributed by atoms with E-state index in [4.69, 9.17) is 5.73 Å². The van der Waals surface area contributed by atoms with Crippen molar-refractivity contribution in [3.05, 3.63) is 41.5 Å². The van der Waals surface area contributed by atoms with E-state index < -0.39 is 29.0 Å². The summed E-state index contributed by atoms with van der Waals surface area (Å²) in [6, 6.07) is 1.04. The zero-order valence-electron chi connectivity index (χ0n) is 10.1. The van der Waals surface area contributed by atoms with E-state index in [2.05, 4.69) is 10.3 Å². The average Bonchev–Trinajstić information content (AvgIpc) is 2.84. The molecule has 0 aliphatic rings. The molecule has 0 aliphatic heterocycles. The van der Waals surface area contributed by atoms with Crippen LogP contribution in [0.25, 0.3) is 0 Å². The van der Waals surface area contributed by atoms with Crippen LogP contribution in [-0.4, -0.2) is 27.4 Å². The van der Waals surface area contributed by atoms with E-state index in [9.17, 15) is 18.0 Å². The van der Waals surface area contributed by atoms with Crippen LogP contribution in [0.4, 0.5) is 18.9 Å². The fourth-order valence-electron chi connectivity index (χ4n) is 1.48. The highest BCUT2D eigenvalue weighted by molar-refractivity contribution is 6.02. The lowest BCUT2D eigenvalue weighted by molar-refractivity contribution is 0.102. The molecule has 0 unspecified atom stereocenters. The molecule has 1 aromatic carbocycles. The van der Waals surface area contributed by atoms with Gasteiger partial charge in [0.1, 0.15) is 5.82 Å². The van der Waals surface area contributed by atoms with Gasteiger partial charge < -0.3 is 11.1 Å². The minimum atomic E-state index is -1.40. The number of carbonyl (C=O) groups excluding carboxylic acids is 1. The molecule has 1 amide bonds. The Hall–Kier alpha value is -2.42. The first-order valence-corrected chi connectivity index (χ1v) is 5.57. The molecule has 6 nitrogen and oxygen atoms in total. The summed E-state index contributed by atoms with van der Waals surface area (Å²) in [5, 5.41) is 9.17. The van der Waals surface area contributed by atoms with Crippen LogP contribution >= 0.6 is 0 Å². The number of hydrogen-bond donors (Lipinski definition) is 2. The number of hydrogen-bond acceptors (Lipinski definition) is 4. The lowest BCUT2D eigenvalue weighted by Crippen LogP contribution is -2.14. The predicted octanol–water partition coefficient (Wildman–Crippen LogP) is 0.906. The van der Waals surface area contributed by atoms with Gasteiger partial charge in [-0.3, -0.25) is 9.48 Å². The third-order valence-corrected chi connectivity index (χ3v) is 2.37. The van der Waals surface area contributed by atoms with Gasteiger partial charge >= 0.3 is 0 Å². The zero-order valence-corrected chi connectivity index (χ0v) is 10.1. The van der Waals surface area contributed by atoms with Crippen molar-refractivity contribution in [1.29, 1.82) is 0 Å². The summed E-state index contributed by atoms with van der Waals surface area (Å²) in [7, 11) is 0. The van der Waals surface area contributed by atoms with Gasteiger partial charge in [-0.1, -0.05) is 5.21 Å². The molecule has 0 radical (unpaired) electrons. The van der Waals surface area contributed by atoms with E-state index in [0.29, 0.717) is 25.2 Å². The van der Waals surface area contributed by atoms with Crippen LogP contribution < -0.4 is 11.1 Å². The second-order valence-corrected chi connectivity index (χ2v) is 3.86. The van der Waals surface area contributed by atoms with Crippen LogP contribution in [0.5, 0.6) is 0 Å². The van der Waals surface area contributed by atoms with E-state index in [0.717, 1.165) is 0 Å². The maximum atomic E-state index is 13.4. The Morgan fingerprint density at radius 3 is 2.80 bits per heavy atom. The summed E-state index contributed by atoms with van der Waals surface area (Å²) >= 11 is 0. The number of nitrogens with two attached hydrogens (primary N) is 1. The maximum Gasteiger partial charge on any atom is 0.277 e. The lowest BCUT2D eigenvalue weighted by atomic mass is 10.2. The third-order valence-electron chi connectivity index (χ3n) is 2.37. The Balaban J connectivity index is 2.18. The summed E-state index contributed by atoms with van der Waals surface area (Å²) in [6.07, 6.45) is 1.29. The van der Waals surface area contributed by atoms with Gasteiger partial charge in [0, 0.05) is 18.7 Å². The monoisotopic (exact) mass is 285 g/mol. The minimum Gasteiger partial charge on any atom is -0.329 e. The summed E-state index contributed by atoms with van der Waals surface area (Å²) < 4.78 is 40.6. The number of halogens is 3. The Kier molecular flexibility index (Phi) is 3.99. The Morgan fingerprint density at radius 2 is 2.10 bits per heavy atom. The average molecular weight is 285 g/mol. The molecule has 0 fully saturated rings. The van der Waals surface area contributed by atoms with Crippen molar-refractivity contribution < 1.29 is 18.0 Å². The van der Waals surface area contributed by atoms with Crippen LogP contribution in [0.3, 0.4) is 0 Å². The largest absolute Gasteiger partial charge is 0.329 e. The van der Waals surface area contributed by atoms with Gasteiger partial charge in [-0.05, 0) is 0 Å². The van der Waals surface area contributed by atoms with Gasteiger partial charge in [-0.2, -0.15) is 0 Å². The van der Waals surface area contributed by atoms with Crippen LogP contribution in [0.1, 0.15) is 10.5 Å². The first-order chi connectivity index (χ1) is 9.51. The van der Waals surface area contributed by atoms with Crippen LogP contribution in [0, 0.1) is 17.5 Å². The topological polar surface area (TPSA) is 85.8 Å². The zero-order chi connectivity index (χ0) is 14.7. The van der Waals surface area contributed by atoms with Crippen molar-refractivity contribution in [3.63, 3.8) is 0 Å². The molecule has 2 rings (SSSR count). The van der Waals surface area contributed by atoms with Crippen molar-refractivity contribution in [2.75, 3.05) is 11.9 Å². The molecule has 2 aromatic rings. The predicted molar refractivity (Wildman–Crippen MR) is 63.3 cm³/mol. The molecule has 1 heterocycles. The molecule has 0 atom stereocenters.